The Morgan fingerprint density at radius 1 is 1.24 bits per heavy atom. The lowest BCUT2D eigenvalue weighted by molar-refractivity contribution is -0.146. The first-order valence-corrected chi connectivity index (χ1v) is 6.39. The third-order valence-corrected chi connectivity index (χ3v) is 3.14. The van der Waals surface area contributed by atoms with E-state index in [4.69, 9.17) is 5.11 Å². The molecule has 1 aliphatic rings. The quantitative estimate of drug-likeness (QED) is 0.698. The maximum atomic E-state index is 11.9. The molecule has 17 heavy (non-hydrogen) atoms. The van der Waals surface area contributed by atoms with Crippen molar-refractivity contribution in [3.8, 4) is 0 Å². The third-order valence-electron chi connectivity index (χ3n) is 3.14. The molecule has 0 saturated carbocycles. The van der Waals surface area contributed by atoms with Gasteiger partial charge in [0.05, 0.1) is 12.6 Å². The van der Waals surface area contributed by atoms with Crippen LogP contribution in [-0.4, -0.2) is 47.6 Å². The van der Waals surface area contributed by atoms with Gasteiger partial charge >= 0.3 is 11.8 Å². The van der Waals surface area contributed by atoms with Crippen LogP contribution in [0.3, 0.4) is 0 Å². The number of amides is 2. The Hall–Kier alpha value is -1.10. The first-order chi connectivity index (χ1) is 8.19. The van der Waals surface area contributed by atoms with Gasteiger partial charge in [-0.05, 0) is 19.3 Å². The Morgan fingerprint density at radius 3 is 2.29 bits per heavy atom. The summed E-state index contributed by atoms with van der Waals surface area (Å²) in [4.78, 5) is 25.1. The second-order valence-electron chi connectivity index (χ2n) is 4.47. The lowest BCUT2D eigenvalue weighted by atomic mass is 10.2. The van der Waals surface area contributed by atoms with Crippen LogP contribution in [0.5, 0.6) is 0 Å². The smallest absolute Gasteiger partial charge is 0.311 e. The number of carbonyl (C=O) groups is 2. The first-order valence-electron chi connectivity index (χ1n) is 6.39. The Morgan fingerprint density at radius 2 is 1.82 bits per heavy atom. The topological polar surface area (TPSA) is 69.6 Å². The number of nitrogens with one attached hydrogen (secondary N) is 1. The van der Waals surface area contributed by atoms with E-state index in [1.165, 1.54) is 0 Å². The predicted molar refractivity (Wildman–Crippen MR) is 64.4 cm³/mol. The Labute approximate surface area is 102 Å². The van der Waals surface area contributed by atoms with E-state index >= 15 is 0 Å². The molecule has 0 aromatic rings. The minimum Gasteiger partial charge on any atom is -0.394 e. The van der Waals surface area contributed by atoms with Gasteiger partial charge in [0.2, 0.25) is 0 Å². The van der Waals surface area contributed by atoms with Gasteiger partial charge in [0.25, 0.3) is 0 Å². The van der Waals surface area contributed by atoms with Crippen molar-refractivity contribution in [2.75, 3.05) is 19.7 Å². The van der Waals surface area contributed by atoms with Gasteiger partial charge in [-0.3, -0.25) is 9.59 Å². The number of hydrogen-bond donors (Lipinski definition) is 2. The highest BCUT2D eigenvalue weighted by Crippen LogP contribution is 2.09. The summed E-state index contributed by atoms with van der Waals surface area (Å²) in [5.41, 5.74) is 0. The summed E-state index contributed by atoms with van der Waals surface area (Å²) in [6.45, 7) is 3.07. The second kappa shape index (κ2) is 7.27. The van der Waals surface area contributed by atoms with Crippen LogP contribution in [0.1, 0.15) is 39.0 Å². The van der Waals surface area contributed by atoms with Gasteiger partial charge in [-0.25, -0.2) is 0 Å². The zero-order valence-electron chi connectivity index (χ0n) is 10.4. The Bertz CT molecular complexity index is 256. The molecule has 0 aromatic heterocycles. The standard InChI is InChI=1S/C12H22N2O3/c1-2-10(9-15)13-11(16)12(17)14-7-5-3-4-6-8-14/h10,15H,2-9H2,1H3,(H,13,16). The molecule has 98 valence electrons. The van der Waals surface area contributed by atoms with Crippen molar-refractivity contribution in [1.82, 2.24) is 10.2 Å². The number of likely N-dealkylation sites (tertiary alicyclic amines) is 1. The highest BCUT2D eigenvalue weighted by molar-refractivity contribution is 6.35. The van der Waals surface area contributed by atoms with E-state index in [9.17, 15) is 9.59 Å². The monoisotopic (exact) mass is 242 g/mol. The predicted octanol–water partition coefficient (Wildman–Crippen LogP) is 0.276. The normalized spacial score (nSPS) is 18.4. The summed E-state index contributed by atoms with van der Waals surface area (Å²) in [7, 11) is 0. The molecule has 0 aliphatic carbocycles. The van der Waals surface area contributed by atoms with Crippen molar-refractivity contribution in [1.29, 1.82) is 0 Å². The number of carbonyl (C=O) groups excluding carboxylic acids is 2. The van der Waals surface area contributed by atoms with Crippen LogP contribution in [0.4, 0.5) is 0 Å². The van der Waals surface area contributed by atoms with Crippen LogP contribution in [0.25, 0.3) is 0 Å². The van der Waals surface area contributed by atoms with E-state index in [2.05, 4.69) is 5.32 Å². The largest absolute Gasteiger partial charge is 0.394 e. The molecular formula is C12H22N2O3. The maximum Gasteiger partial charge on any atom is 0.311 e. The van der Waals surface area contributed by atoms with E-state index in [-0.39, 0.29) is 12.6 Å². The summed E-state index contributed by atoms with van der Waals surface area (Å²) in [6, 6.07) is -0.321. The lowest BCUT2D eigenvalue weighted by Gasteiger charge is -2.21. The van der Waals surface area contributed by atoms with Crippen molar-refractivity contribution in [2.45, 2.75) is 45.1 Å². The molecule has 0 spiro atoms. The van der Waals surface area contributed by atoms with Gasteiger partial charge in [0.1, 0.15) is 0 Å². The molecule has 0 bridgehead atoms. The summed E-state index contributed by atoms with van der Waals surface area (Å²) < 4.78 is 0. The average Bonchev–Trinajstić information content (AvgIpc) is 2.63. The fourth-order valence-electron chi connectivity index (χ4n) is 1.94. The molecule has 1 aliphatic heterocycles. The molecule has 0 aromatic carbocycles. The van der Waals surface area contributed by atoms with Crippen LogP contribution < -0.4 is 5.32 Å². The van der Waals surface area contributed by atoms with Crippen LogP contribution in [-0.2, 0) is 9.59 Å². The van der Waals surface area contributed by atoms with Crippen LogP contribution in [0.2, 0.25) is 0 Å². The fraction of sp³-hybridized carbons (Fsp3) is 0.833. The molecule has 1 atom stereocenters. The molecule has 0 radical (unpaired) electrons. The van der Waals surface area contributed by atoms with Crippen molar-refractivity contribution in [2.24, 2.45) is 0 Å². The molecule has 5 heteroatoms. The summed E-state index contributed by atoms with van der Waals surface area (Å²) >= 11 is 0. The zero-order chi connectivity index (χ0) is 12.7. The first kappa shape index (κ1) is 14.0. The van der Waals surface area contributed by atoms with Crippen molar-refractivity contribution in [3.05, 3.63) is 0 Å². The van der Waals surface area contributed by atoms with E-state index < -0.39 is 11.8 Å². The van der Waals surface area contributed by atoms with Crippen molar-refractivity contribution in [3.63, 3.8) is 0 Å². The van der Waals surface area contributed by atoms with Crippen LogP contribution in [0, 0.1) is 0 Å². The molecule has 5 nitrogen and oxygen atoms in total. The van der Waals surface area contributed by atoms with E-state index in [1.54, 1.807) is 4.90 Å². The number of rotatable bonds is 3. The number of aliphatic hydroxyl groups excluding tert-OH is 1. The highest BCUT2D eigenvalue weighted by atomic mass is 16.3. The third kappa shape index (κ3) is 4.34. The zero-order valence-corrected chi connectivity index (χ0v) is 10.4. The highest BCUT2D eigenvalue weighted by Gasteiger charge is 2.23. The Balaban J connectivity index is 2.47. The lowest BCUT2D eigenvalue weighted by Crippen LogP contribution is -2.47. The van der Waals surface area contributed by atoms with Gasteiger partial charge in [-0.2, -0.15) is 0 Å². The van der Waals surface area contributed by atoms with E-state index in [0.29, 0.717) is 19.5 Å². The molecule has 2 N–H and O–H groups in total. The molecule has 1 unspecified atom stereocenters. The van der Waals surface area contributed by atoms with Gasteiger partial charge < -0.3 is 15.3 Å². The molecule has 1 saturated heterocycles. The summed E-state index contributed by atoms with van der Waals surface area (Å²) in [5.74, 6) is -1.05. The van der Waals surface area contributed by atoms with Crippen LogP contribution in [0.15, 0.2) is 0 Å². The van der Waals surface area contributed by atoms with Crippen LogP contribution >= 0.6 is 0 Å². The van der Waals surface area contributed by atoms with Gasteiger partial charge in [0.15, 0.2) is 0 Å². The van der Waals surface area contributed by atoms with E-state index in [1.807, 2.05) is 6.92 Å². The van der Waals surface area contributed by atoms with Crippen molar-refractivity contribution >= 4 is 11.8 Å². The Kier molecular flexibility index (Phi) is 5.97. The fourth-order valence-corrected chi connectivity index (χ4v) is 1.94. The second-order valence-corrected chi connectivity index (χ2v) is 4.47. The number of nitrogens with zero attached hydrogens (tertiary/aromatic N) is 1. The maximum absolute atomic E-state index is 11.9. The molecular weight excluding hydrogens is 220 g/mol. The van der Waals surface area contributed by atoms with Gasteiger partial charge in [-0.15, -0.1) is 0 Å². The molecule has 1 rings (SSSR count). The summed E-state index contributed by atoms with van der Waals surface area (Å²) in [6.07, 6.45) is 4.81. The van der Waals surface area contributed by atoms with Gasteiger partial charge in [0, 0.05) is 13.1 Å². The average molecular weight is 242 g/mol. The van der Waals surface area contributed by atoms with Crippen molar-refractivity contribution < 1.29 is 14.7 Å². The SMILES string of the molecule is CCC(CO)NC(=O)C(=O)N1CCCCCC1. The number of hydrogen-bond acceptors (Lipinski definition) is 3. The minimum absolute atomic E-state index is 0.129. The summed E-state index contributed by atoms with van der Waals surface area (Å²) in [5, 5.41) is 11.5. The molecule has 1 heterocycles. The number of aliphatic hydroxyl groups is 1. The molecule has 2 amide bonds. The minimum atomic E-state index is -0.590. The molecule has 1 fully saturated rings. The van der Waals surface area contributed by atoms with E-state index in [0.717, 1.165) is 25.7 Å². The van der Waals surface area contributed by atoms with Gasteiger partial charge in [-0.1, -0.05) is 19.8 Å².